The molecule has 6 heteroatoms. The van der Waals surface area contributed by atoms with Crippen molar-refractivity contribution in [1.29, 1.82) is 0 Å². The number of carbonyl (C=O) groups is 1. The molecule has 0 fully saturated rings. The quantitative estimate of drug-likeness (QED) is 0.200. The summed E-state index contributed by atoms with van der Waals surface area (Å²) in [6.45, 7) is 6.43. The van der Waals surface area contributed by atoms with Gasteiger partial charge in [0, 0.05) is 13.0 Å². The topological polar surface area (TPSA) is 65.4 Å². The molecule has 0 aliphatic rings. The van der Waals surface area contributed by atoms with Crippen LogP contribution in [0.1, 0.15) is 56.0 Å². The molecule has 38 heavy (non-hydrogen) atoms. The molecule has 0 unspecified atom stereocenters. The number of imidazole rings is 1. The van der Waals surface area contributed by atoms with Crippen molar-refractivity contribution in [3.63, 3.8) is 0 Å². The molecule has 0 radical (unpaired) electrons. The van der Waals surface area contributed by atoms with Crippen molar-refractivity contribution in [2.45, 2.75) is 58.4 Å². The van der Waals surface area contributed by atoms with Crippen LogP contribution in [0.3, 0.4) is 0 Å². The largest absolute Gasteiger partial charge is 0.497 e. The maximum Gasteiger partial charge on any atom is 0.224 e. The van der Waals surface area contributed by atoms with Gasteiger partial charge in [0.05, 0.1) is 31.1 Å². The molecule has 1 aromatic heterocycles. The van der Waals surface area contributed by atoms with Gasteiger partial charge >= 0.3 is 0 Å². The van der Waals surface area contributed by atoms with Crippen molar-refractivity contribution in [1.82, 2.24) is 14.9 Å². The summed E-state index contributed by atoms with van der Waals surface area (Å²) in [4.78, 5) is 17.2. The van der Waals surface area contributed by atoms with Crippen LogP contribution in [-0.4, -0.2) is 35.7 Å². The number of rotatable bonds is 14. The Kier molecular flexibility index (Phi) is 9.79. The van der Waals surface area contributed by atoms with Gasteiger partial charge in [-0.15, -0.1) is 0 Å². The standard InChI is InChI=1S/C32H39N3O3/c1-24(2)26-14-18-28(19-15-26)38-22-21-35-30-10-7-6-9-29(30)34-31(35)11-5-4-8-20-33-32(36)23-25-12-16-27(37-3)17-13-25/h6-7,9-10,12-19,24H,4-5,8,11,20-23H2,1-3H3,(H,33,36). The summed E-state index contributed by atoms with van der Waals surface area (Å²) >= 11 is 0. The third kappa shape index (κ3) is 7.60. The number of ether oxygens (including phenoxy) is 2. The van der Waals surface area contributed by atoms with Gasteiger partial charge in [-0.3, -0.25) is 4.79 Å². The second-order valence-electron chi connectivity index (χ2n) is 9.93. The summed E-state index contributed by atoms with van der Waals surface area (Å²) < 4.78 is 13.5. The third-order valence-electron chi connectivity index (χ3n) is 6.79. The highest BCUT2D eigenvalue weighted by molar-refractivity contribution is 5.78. The lowest BCUT2D eigenvalue weighted by Crippen LogP contribution is -2.26. The van der Waals surface area contributed by atoms with Crippen molar-refractivity contribution in [2.75, 3.05) is 20.3 Å². The lowest BCUT2D eigenvalue weighted by Gasteiger charge is -2.12. The number of nitrogens with one attached hydrogen (secondary N) is 1. The molecule has 200 valence electrons. The number of fused-ring (bicyclic) bond motifs is 1. The van der Waals surface area contributed by atoms with E-state index in [1.165, 1.54) is 5.56 Å². The van der Waals surface area contributed by atoms with E-state index in [0.29, 0.717) is 25.5 Å². The van der Waals surface area contributed by atoms with Crippen LogP contribution >= 0.6 is 0 Å². The Morgan fingerprint density at radius 3 is 2.39 bits per heavy atom. The Morgan fingerprint density at radius 2 is 1.66 bits per heavy atom. The number of methoxy groups -OCH3 is 1. The summed E-state index contributed by atoms with van der Waals surface area (Å²) in [7, 11) is 1.64. The van der Waals surface area contributed by atoms with Crippen molar-refractivity contribution in [3.05, 3.63) is 89.7 Å². The van der Waals surface area contributed by atoms with Crippen LogP contribution in [0.2, 0.25) is 0 Å². The van der Waals surface area contributed by atoms with Crippen LogP contribution in [0.5, 0.6) is 11.5 Å². The van der Waals surface area contributed by atoms with E-state index in [2.05, 4.69) is 66.2 Å². The van der Waals surface area contributed by atoms with Gasteiger partial charge in [0.15, 0.2) is 0 Å². The van der Waals surface area contributed by atoms with E-state index in [1.54, 1.807) is 7.11 Å². The highest BCUT2D eigenvalue weighted by atomic mass is 16.5. The minimum atomic E-state index is 0.0517. The fraction of sp³-hybridized carbons (Fsp3) is 0.375. The normalized spacial score (nSPS) is 11.2. The minimum Gasteiger partial charge on any atom is -0.497 e. The number of unbranched alkanes of at least 4 members (excludes halogenated alkanes) is 2. The molecule has 0 aliphatic heterocycles. The number of amides is 1. The van der Waals surface area contributed by atoms with Crippen molar-refractivity contribution in [2.24, 2.45) is 0 Å². The predicted molar refractivity (Wildman–Crippen MR) is 153 cm³/mol. The van der Waals surface area contributed by atoms with Gasteiger partial charge in [-0.1, -0.05) is 56.7 Å². The Bertz CT molecular complexity index is 1290. The molecule has 0 saturated carbocycles. The van der Waals surface area contributed by atoms with Crippen LogP contribution in [-0.2, 0) is 24.2 Å². The molecule has 0 aliphatic carbocycles. The van der Waals surface area contributed by atoms with E-state index in [9.17, 15) is 4.79 Å². The Balaban J connectivity index is 1.22. The maximum atomic E-state index is 12.2. The molecule has 0 atom stereocenters. The zero-order valence-electron chi connectivity index (χ0n) is 22.8. The second kappa shape index (κ2) is 13.7. The zero-order chi connectivity index (χ0) is 26.7. The van der Waals surface area contributed by atoms with Crippen LogP contribution < -0.4 is 14.8 Å². The number of carbonyl (C=O) groups excluding carboxylic acids is 1. The molecule has 1 heterocycles. The molecule has 1 amide bonds. The van der Waals surface area contributed by atoms with Crippen molar-refractivity contribution < 1.29 is 14.3 Å². The molecule has 4 rings (SSSR count). The Hall–Kier alpha value is -3.80. The number of nitrogens with zero attached hydrogens (tertiary/aromatic N) is 2. The average Bonchev–Trinajstić information content (AvgIpc) is 3.28. The molecule has 6 nitrogen and oxygen atoms in total. The summed E-state index contributed by atoms with van der Waals surface area (Å²) in [6, 6.07) is 24.3. The highest BCUT2D eigenvalue weighted by Gasteiger charge is 2.11. The predicted octanol–water partition coefficient (Wildman–Crippen LogP) is 6.32. The van der Waals surface area contributed by atoms with Gasteiger partial charge < -0.3 is 19.4 Å². The van der Waals surface area contributed by atoms with Crippen LogP contribution in [0.25, 0.3) is 11.0 Å². The molecule has 0 bridgehead atoms. The van der Waals surface area contributed by atoms with Gasteiger partial charge in [-0.05, 0) is 66.3 Å². The van der Waals surface area contributed by atoms with Crippen LogP contribution in [0.4, 0.5) is 0 Å². The van der Waals surface area contributed by atoms with E-state index in [0.717, 1.165) is 66.1 Å². The number of hydrogen-bond donors (Lipinski definition) is 1. The van der Waals surface area contributed by atoms with E-state index in [-0.39, 0.29) is 5.91 Å². The third-order valence-corrected chi connectivity index (χ3v) is 6.79. The molecule has 3 aromatic carbocycles. The lowest BCUT2D eigenvalue weighted by atomic mass is 10.0. The first-order valence-corrected chi connectivity index (χ1v) is 13.6. The number of hydrogen-bond acceptors (Lipinski definition) is 4. The van der Waals surface area contributed by atoms with E-state index in [4.69, 9.17) is 14.5 Å². The van der Waals surface area contributed by atoms with Gasteiger partial charge in [0.1, 0.15) is 23.9 Å². The summed E-state index contributed by atoms with van der Waals surface area (Å²) in [5.41, 5.74) is 4.47. The van der Waals surface area contributed by atoms with Crippen molar-refractivity contribution in [3.8, 4) is 11.5 Å². The van der Waals surface area contributed by atoms with Gasteiger partial charge in [-0.2, -0.15) is 0 Å². The fourth-order valence-corrected chi connectivity index (χ4v) is 4.57. The summed E-state index contributed by atoms with van der Waals surface area (Å²) in [5.74, 6) is 3.35. The van der Waals surface area contributed by atoms with E-state index >= 15 is 0 Å². The summed E-state index contributed by atoms with van der Waals surface area (Å²) in [5, 5.41) is 3.04. The van der Waals surface area contributed by atoms with Gasteiger partial charge in [-0.25, -0.2) is 4.98 Å². The Morgan fingerprint density at radius 1 is 0.921 bits per heavy atom. The SMILES string of the molecule is COc1ccc(CC(=O)NCCCCCc2nc3ccccc3n2CCOc2ccc(C(C)C)cc2)cc1. The average molecular weight is 514 g/mol. The first kappa shape index (κ1) is 27.2. The molecule has 0 saturated heterocycles. The number of benzene rings is 3. The summed E-state index contributed by atoms with van der Waals surface area (Å²) in [6.07, 6.45) is 4.29. The molecular weight excluding hydrogens is 474 g/mol. The maximum absolute atomic E-state index is 12.2. The number of para-hydroxylation sites is 2. The number of aromatic nitrogens is 2. The van der Waals surface area contributed by atoms with Gasteiger partial charge in [0.25, 0.3) is 0 Å². The zero-order valence-corrected chi connectivity index (χ0v) is 22.8. The Labute approximate surface area is 226 Å². The molecule has 1 N–H and O–H groups in total. The van der Waals surface area contributed by atoms with Crippen LogP contribution in [0.15, 0.2) is 72.8 Å². The first-order chi connectivity index (χ1) is 18.5. The van der Waals surface area contributed by atoms with E-state index < -0.39 is 0 Å². The molecule has 0 spiro atoms. The van der Waals surface area contributed by atoms with E-state index in [1.807, 2.05) is 30.3 Å². The van der Waals surface area contributed by atoms with Crippen LogP contribution in [0, 0.1) is 0 Å². The molecular formula is C32H39N3O3. The first-order valence-electron chi connectivity index (χ1n) is 13.6. The minimum absolute atomic E-state index is 0.0517. The number of aryl methyl sites for hydroxylation is 1. The van der Waals surface area contributed by atoms with Gasteiger partial charge in [0.2, 0.25) is 5.91 Å². The van der Waals surface area contributed by atoms with Crippen molar-refractivity contribution >= 4 is 16.9 Å². The molecule has 4 aromatic rings. The smallest absolute Gasteiger partial charge is 0.224 e. The second-order valence-corrected chi connectivity index (χ2v) is 9.93. The monoisotopic (exact) mass is 513 g/mol. The lowest BCUT2D eigenvalue weighted by molar-refractivity contribution is -0.120. The highest BCUT2D eigenvalue weighted by Crippen LogP contribution is 2.20. The fourth-order valence-electron chi connectivity index (χ4n) is 4.57.